The number of benzene rings is 1. The van der Waals surface area contributed by atoms with E-state index in [0.29, 0.717) is 12.0 Å². The summed E-state index contributed by atoms with van der Waals surface area (Å²) in [5.74, 6) is 0.556. The van der Waals surface area contributed by atoms with Crippen LogP contribution in [0.2, 0.25) is 0 Å². The van der Waals surface area contributed by atoms with Gasteiger partial charge in [0.25, 0.3) is 5.69 Å². The molecule has 0 bridgehead atoms. The largest absolute Gasteiger partial charge is 0.366 e. The van der Waals surface area contributed by atoms with E-state index in [-0.39, 0.29) is 10.6 Å². The van der Waals surface area contributed by atoms with Crippen molar-refractivity contribution in [1.82, 2.24) is 5.32 Å². The molecule has 1 aromatic rings. The van der Waals surface area contributed by atoms with Crippen molar-refractivity contribution < 1.29 is 4.92 Å². The molecule has 0 radical (unpaired) electrons. The molecule has 0 amide bonds. The second-order valence-corrected chi connectivity index (χ2v) is 7.15. The monoisotopic (exact) mass is 403 g/mol. The fourth-order valence-corrected chi connectivity index (χ4v) is 3.24. The van der Waals surface area contributed by atoms with Crippen LogP contribution in [0.1, 0.15) is 26.7 Å². The molecular weight excluding hydrogens is 381 g/mol. The van der Waals surface area contributed by atoms with Crippen molar-refractivity contribution in [3.8, 4) is 0 Å². The molecule has 1 aliphatic rings. The molecule has 1 heterocycles. The zero-order valence-corrected chi connectivity index (χ0v) is 14.7. The minimum Gasteiger partial charge on any atom is -0.366 e. The summed E-state index contributed by atoms with van der Waals surface area (Å²) in [4.78, 5) is 13.2. The summed E-state index contributed by atoms with van der Waals surface area (Å²) in [5.41, 5.74) is 0.981. The average Bonchev–Trinajstić information content (AvgIpc) is 2.45. The summed E-state index contributed by atoms with van der Waals surface area (Å²) in [5, 5.41) is 14.7. The predicted molar refractivity (Wildman–Crippen MR) is 93.9 cm³/mol. The lowest BCUT2D eigenvalue weighted by Gasteiger charge is -2.34. The van der Waals surface area contributed by atoms with Crippen molar-refractivity contribution in [3.05, 3.63) is 31.9 Å². The quantitative estimate of drug-likeness (QED) is 0.465. The molecular formula is C15H22IN3O2. The Morgan fingerprint density at radius 3 is 2.95 bits per heavy atom. The number of halogens is 1. The molecule has 21 heavy (non-hydrogen) atoms. The Morgan fingerprint density at radius 2 is 2.29 bits per heavy atom. The zero-order valence-electron chi connectivity index (χ0n) is 12.5. The number of nitrogens with zero attached hydrogens (tertiary/aromatic N) is 2. The standard InChI is InChI=1S/C15H22IN3O2/c1-11(2)17-9-12-4-3-7-18(10-12)14-6-5-13(16)8-15(14)19(20)21/h5-6,8,11-12,17H,3-4,7,9-10H2,1-2H3. The molecule has 1 saturated heterocycles. The molecule has 1 atom stereocenters. The van der Waals surface area contributed by atoms with E-state index in [4.69, 9.17) is 0 Å². The van der Waals surface area contributed by atoms with Gasteiger partial charge < -0.3 is 10.2 Å². The van der Waals surface area contributed by atoms with Crippen LogP contribution in [0.4, 0.5) is 11.4 Å². The summed E-state index contributed by atoms with van der Waals surface area (Å²) in [6.07, 6.45) is 2.28. The molecule has 1 N–H and O–H groups in total. The molecule has 116 valence electrons. The summed E-state index contributed by atoms with van der Waals surface area (Å²) in [7, 11) is 0. The third-order valence-electron chi connectivity index (χ3n) is 3.81. The van der Waals surface area contributed by atoms with E-state index in [1.54, 1.807) is 6.07 Å². The molecule has 1 aliphatic heterocycles. The Labute approximate surface area is 139 Å². The summed E-state index contributed by atoms with van der Waals surface area (Å²) < 4.78 is 0.901. The SMILES string of the molecule is CC(C)NCC1CCCN(c2ccc(I)cc2[N+](=O)[O-])C1. The van der Waals surface area contributed by atoms with Crippen molar-refractivity contribution in [3.63, 3.8) is 0 Å². The van der Waals surface area contributed by atoms with Gasteiger partial charge >= 0.3 is 0 Å². The van der Waals surface area contributed by atoms with Crippen molar-refractivity contribution in [1.29, 1.82) is 0 Å². The summed E-state index contributed by atoms with van der Waals surface area (Å²) >= 11 is 2.12. The lowest BCUT2D eigenvalue weighted by molar-refractivity contribution is -0.384. The van der Waals surface area contributed by atoms with Gasteiger partial charge in [0.2, 0.25) is 0 Å². The predicted octanol–water partition coefficient (Wildman–Crippen LogP) is 3.41. The van der Waals surface area contributed by atoms with Gasteiger partial charge in [0.15, 0.2) is 0 Å². The zero-order chi connectivity index (χ0) is 15.4. The number of hydrogen-bond acceptors (Lipinski definition) is 4. The normalized spacial score (nSPS) is 19.0. The van der Waals surface area contributed by atoms with Gasteiger partial charge in [-0.3, -0.25) is 10.1 Å². The fraction of sp³-hybridized carbons (Fsp3) is 0.600. The van der Waals surface area contributed by atoms with Crippen LogP contribution in [0.15, 0.2) is 18.2 Å². The van der Waals surface area contributed by atoms with E-state index in [9.17, 15) is 10.1 Å². The first-order chi connectivity index (χ1) is 9.97. The molecule has 0 aliphatic carbocycles. The third kappa shape index (κ3) is 4.54. The maximum Gasteiger partial charge on any atom is 0.293 e. The number of anilines is 1. The maximum absolute atomic E-state index is 11.3. The topological polar surface area (TPSA) is 58.4 Å². The second kappa shape index (κ2) is 7.40. The number of nitro groups is 1. The Morgan fingerprint density at radius 1 is 1.52 bits per heavy atom. The van der Waals surface area contributed by atoms with E-state index in [2.05, 4.69) is 46.7 Å². The van der Waals surface area contributed by atoms with Crippen molar-refractivity contribution in [2.24, 2.45) is 5.92 Å². The Bertz CT molecular complexity index is 508. The highest BCUT2D eigenvalue weighted by Gasteiger charge is 2.25. The lowest BCUT2D eigenvalue weighted by Crippen LogP contribution is -2.41. The van der Waals surface area contributed by atoms with Gasteiger partial charge in [-0.1, -0.05) is 13.8 Å². The summed E-state index contributed by atoms with van der Waals surface area (Å²) in [6.45, 7) is 7.06. The van der Waals surface area contributed by atoms with E-state index in [1.807, 2.05) is 12.1 Å². The van der Waals surface area contributed by atoms with Crippen LogP contribution >= 0.6 is 22.6 Å². The highest BCUT2D eigenvalue weighted by molar-refractivity contribution is 14.1. The number of hydrogen-bond donors (Lipinski definition) is 1. The van der Waals surface area contributed by atoms with Crippen LogP contribution in [0, 0.1) is 19.6 Å². The highest BCUT2D eigenvalue weighted by atomic mass is 127. The van der Waals surface area contributed by atoms with Crippen LogP contribution in [0.5, 0.6) is 0 Å². The number of piperidine rings is 1. The summed E-state index contributed by atoms with van der Waals surface area (Å²) in [6, 6.07) is 5.97. The van der Waals surface area contributed by atoms with Gasteiger partial charge in [-0.05, 0) is 60.0 Å². The highest BCUT2D eigenvalue weighted by Crippen LogP contribution is 2.32. The minimum absolute atomic E-state index is 0.222. The molecule has 5 nitrogen and oxygen atoms in total. The molecule has 0 aromatic heterocycles. The Kier molecular flexibility index (Phi) is 5.80. The maximum atomic E-state index is 11.3. The third-order valence-corrected chi connectivity index (χ3v) is 4.48. The molecule has 1 unspecified atom stereocenters. The van der Waals surface area contributed by atoms with E-state index in [1.165, 1.54) is 6.42 Å². The fourth-order valence-electron chi connectivity index (χ4n) is 2.76. The van der Waals surface area contributed by atoms with E-state index >= 15 is 0 Å². The smallest absolute Gasteiger partial charge is 0.293 e. The van der Waals surface area contributed by atoms with Gasteiger partial charge in [-0.15, -0.1) is 0 Å². The van der Waals surface area contributed by atoms with Crippen LogP contribution in [-0.2, 0) is 0 Å². The Balaban J connectivity index is 2.12. The first-order valence-electron chi connectivity index (χ1n) is 7.39. The van der Waals surface area contributed by atoms with Crippen LogP contribution < -0.4 is 10.2 Å². The van der Waals surface area contributed by atoms with Gasteiger partial charge in [0, 0.05) is 28.8 Å². The van der Waals surface area contributed by atoms with E-state index < -0.39 is 0 Å². The van der Waals surface area contributed by atoms with Gasteiger partial charge in [-0.2, -0.15) is 0 Å². The van der Waals surface area contributed by atoms with Gasteiger partial charge in [0.1, 0.15) is 5.69 Å². The van der Waals surface area contributed by atoms with Crippen LogP contribution in [-0.4, -0.2) is 30.6 Å². The first-order valence-corrected chi connectivity index (χ1v) is 8.47. The van der Waals surface area contributed by atoms with Gasteiger partial charge in [0.05, 0.1) is 4.92 Å². The molecule has 2 rings (SSSR count). The van der Waals surface area contributed by atoms with Crippen LogP contribution in [0.25, 0.3) is 0 Å². The molecule has 1 aromatic carbocycles. The number of rotatable bonds is 5. The second-order valence-electron chi connectivity index (χ2n) is 5.91. The minimum atomic E-state index is -0.270. The number of nitro benzene ring substituents is 1. The molecule has 1 fully saturated rings. The Hall–Kier alpha value is -0.890. The van der Waals surface area contributed by atoms with Crippen molar-refractivity contribution in [2.75, 3.05) is 24.5 Å². The van der Waals surface area contributed by atoms with Crippen molar-refractivity contribution >= 4 is 34.0 Å². The number of nitrogens with one attached hydrogen (secondary N) is 1. The molecule has 0 spiro atoms. The van der Waals surface area contributed by atoms with Crippen molar-refractivity contribution in [2.45, 2.75) is 32.7 Å². The van der Waals surface area contributed by atoms with E-state index in [0.717, 1.165) is 35.3 Å². The van der Waals surface area contributed by atoms with Crippen LogP contribution in [0.3, 0.4) is 0 Å². The average molecular weight is 403 g/mol. The lowest BCUT2D eigenvalue weighted by atomic mass is 9.97. The first kappa shape index (κ1) is 16.5. The molecule has 0 saturated carbocycles. The molecule has 6 heteroatoms. The van der Waals surface area contributed by atoms with Gasteiger partial charge in [-0.25, -0.2) is 0 Å².